The maximum atomic E-state index is 8.72. The van der Waals surface area contributed by atoms with E-state index in [0.717, 1.165) is 23.3 Å². The van der Waals surface area contributed by atoms with Gasteiger partial charge in [0.25, 0.3) is 0 Å². The molecule has 4 aromatic rings. The predicted octanol–water partition coefficient (Wildman–Crippen LogP) is 13.1. The van der Waals surface area contributed by atoms with Crippen LogP contribution in [0.25, 0.3) is 11.1 Å². The summed E-state index contributed by atoms with van der Waals surface area (Å²) >= 11 is 1.93. The topological polar surface area (TPSA) is 0 Å². The second-order valence-corrected chi connectivity index (χ2v) is 36.9. The van der Waals surface area contributed by atoms with E-state index in [-0.39, 0.29) is 18.1 Å². The first kappa shape index (κ1) is 32.6. The van der Waals surface area contributed by atoms with Crippen LogP contribution >= 0.6 is 48.9 Å². The minimum absolute atomic E-state index is 0.0218. The third-order valence-electron chi connectivity index (χ3n) is 9.38. The van der Waals surface area contributed by atoms with Gasteiger partial charge in [-0.1, -0.05) is 0 Å². The van der Waals surface area contributed by atoms with Gasteiger partial charge in [-0.2, -0.15) is 0 Å². The van der Waals surface area contributed by atoms with Crippen LogP contribution in [0.2, 0.25) is 3.63 Å². The summed E-state index contributed by atoms with van der Waals surface area (Å²) in [7, 11) is 17.4. The fourth-order valence-electron chi connectivity index (χ4n) is 7.00. The Morgan fingerprint density at radius 3 is 1.34 bits per heavy atom. The van der Waals surface area contributed by atoms with Crippen LogP contribution in [-0.4, -0.2) is 3.21 Å². The first-order chi connectivity index (χ1) is 20.6. The van der Waals surface area contributed by atoms with E-state index in [4.69, 9.17) is 17.0 Å². The van der Waals surface area contributed by atoms with E-state index in [9.17, 15) is 0 Å². The third-order valence-corrected chi connectivity index (χ3v) is 30.1. The van der Waals surface area contributed by atoms with Crippen molar-refractivity contribution in [1.29, 1.82) is 0 Å². The molecule has 0 aromatic heterocycles. The van der Waals surface area contributed by atoms with Crippen LogP contribution < -0.4 is 0 Å². The van der Waals surface area contributed by atoms with Crippen molar-refractivity contribution in [1.82, 2.24) is 0 Å². The summed E-state index contributed by atoms with van der Waals surface area (Å²) in [5.74, 6) is 0. The Morgan fingerprint density at radius 2 is 0.977 bits per heavy atom. The van der Waals surface area contributed by atoms with Crippen LogP contribution in [0, 0.1) is 0 Å². The number of benzene rings is 4. The van der Waals surface area contributed by atoms with Gasteiger partial charge >= 0.3 is 290 Å². The minimum atomic E-state index is -5.40. The average molecular weight is 829 g/mol. The molecule has 6 rings (SSSR count). The Bertz CT molecular complexity index is 1770. The second-order valence-electron chi connectivity index (χ2n) is 14.4. The SMILES string of the molecule is CC(C)(C)c1ccc2c(c1)[CH]([Zr]([Cl])([Cl])(=[C](c1ccc(Br)cc1)c1ccc(Br)cc1)[CH]1C=CC=C1)c1cc(C(C)(C)C)ccc1-2. The molecule has 0 amide bonds. The summed E-state index contributed by atoms with van der Waals surface area (Å²) in [4.78, 5) is 0. The van der Waals surface area contributed by atoms with Crippen molar-refractivity contribution in [2.45, 2.75) is 59.6 Å². The third kappa shape index (κ3) is 5.52. The molecule has 44 heavy (non-hydrogen) atoms. The van der Waals surface area contributed by atoms with Crippen LogP contribution in [-0.2, 0) is 26.7 Å². The molecule has 5 heteroatoms. The first-order valence-corrected chi connectivity index (χ1v) is 27.2. The van der Waals surface area contributed by atoms with Crippen molar-refractivity contribution < 1.29 is 15.9 Å². The Balaban J connectivity index is 1.84. The Labute approximate surface area is 287 Å². The van der Waals surface area contributed by atoms with E-state index >= 15 is 0 Å². The monoisotopic (exact) mass is 824 g/mol. The maximum absolute atomic E-state index is 8.72. The van der Waals surface area contributed by atoms with E-state index in [2.05, 4.69) is 183 Å². The zero-order valence-electron chi connectivity index (χ0n) is 26.1. The van der Waals surface area contributed by atoms with Crippen molar-refractivity contribution in [3.8, 4) is 11.1 Å². The average Bonchev–Trinajstić information content (AvgIpc) is 3.62. The van der Waals surface area contributed by atoms with Gasteiger partial charge in [0, 0.05) is 0 Å². The molecule has 0 aliphatic heterocycles. The molecule has 0 bridgehead atoms. The van der Waals surface area contributed by atoms with Crippen molar-refractivity contribution in [3.05, 3.63) is 152 Å². The summed E-state index contributed by atoms with van der Waals surface area (Å²) in [6.45, 7) is 13.7. The standard InChI is InChI=1S/C21H25.C13H8Br2.C5H5.2ClH.Zr/c1-20(2,3)16-7-9-18-14(12-16)11-15-13-17(21(4,5)6)8-10-19(15)18;14-12-5-1-10(2-6-12)9-11-3-7-13(15)8-4-11;1-2-4-5-3-1;;;/h7-13H,1-6H3;1-8H;1-5H;2*1H;/q;;;;;+2/p-2. The summed E-state index contributed by atoms with van der Waals surface area (Å²) in [6.07, 6.45) is 8.75. The molecule has 0 heterocycles. The van der Waals surface area contributed by atoms with Crippen LogP contribution in [0.3, 0.4) is 0 Å². The van der Waals surface area contributed by atoms with Crippen LogP contribution in [0.1, 0.15) is 78.5 Å². The van der Waals surface area contributed by atoms with Crippen molar-refractivity contribution >= 4 is 52.1 Å². The number of rotatable bonds is 4. The zero-order valence-corrected chi connectivity index (χ0v) is 33.2. The Morgan fingerprint density at radius 1 is 0.591 bits per heavy atom. The van der Waals surface area contributed by atoms with Gasteiger partial charge in [-0.15, -0.1) is 0 Å². The predicted molar refractivity (Wildman–Crippen MR) is 196 cm³/mol. The van der Waals surface area contributed by atoms with E-state index in [1.165, 1.54) is 33.4 Å². The van der Waals surface area contributed by atoms with Gasteiger partial charge in [0.05, 0.1) is 0 Å². The van der Waals surface area contributed by atoms with Crippen LogP contribution in [0.5, 0.6) is 0 Å². The van der Waals surface area contributed by atoms with Gasteiger partial charge in [-0.25, -0.2) is 0 Å². The molecule has 0 spiro atoms. The van der Waals surface area contributed by atoms with Gasteiger partial charge < -0.3 is 0 Å². The number of fused-ring (bicyclic) bond motifs is 3. The molecule has 4 aromatic carbocycles. The van der Waals surface area contributed by atoms with E-state index in [1.807, 2.05) is 0 Å². The molecule has 0 radical (unpaired) electrons. The van der Waals surface area contributed by atoms with Gasteiger partial charge in [0.1, 0.15) is 0 Å². The molecule has 0 unspecified atom stereocenters. The molecule has 0 nitrogen and oxygen atoms in total. The fraction of sp³-hybridized carbons (Fsp3) is 0.256. The van der Waals surface area contributed by atoms with E-state index in [0.29, 0.717) is 0 Å². The molecular weight excluding hydrogens is 790 g/mol. The van der Waals surface area contributed by atoms with E-state index < -0.39 is 15.9 Å². The molecule has 0 N–H and O–H groups in total. The van der Waals surface area contributed by atoms with Gasteiger partial charge in [0.15, 0.2) is 0 Å². The van der Waals surface area contributed by atoms with Crippen molar-refractivity contribution in [2.75, 3.05) is 0 Å². The summed E-state index contributed by atoms with van der Waals surface area (Å²) in [6, 6.07) is 31.1. The van der Waals surface area contributed by atoms with Gasteiger partial charge in [-0.3, -0.25) is 0 Å². The number of halogens is 4. The first-order valence-electron chi connectivity index (χ1n) is 15.2. The summed E-state index contributed by atoms with van der Waals surface area (Å²) < 4.78 is 2.90. The molecule has 0 atom stereocenters. The molecule has 226 valence electrons. The Kier molecular flexibility index (Phi) is 8.46. The molecular formula is C39H38Br2Cl2Zr. The van der Waals surface area contributed by atoms with Crippen LogP contribution in [0.15, 0.2) is 118 Å². The molecule has 0 fully saturated rings. The normalized spacial score (nSPS) is 15.5. The Hall–Kier alpha value is -1.35. The van der Waals surface area contributed by atoms with E-state index in [1.54, 1.807) is 0 Å². The van der Waals surface area contributed by atoms with Crippen molar-refractivity contribution in [3.63, 3.8) is 0 Å². The molecule has 2 aliphatic rings. The quantitative estimate of drug-likeness (QED) is 0.192. The van der Waals surface area contributed by atoms with Gasteiger partial charge in [-0.05, 0) is 0 Å². The number of hydrogen-bond donors (Lipinski definition) is 0. The van der Waals surface area contributed by atoms with Gasteiger partial charge in [0.2, 0.25) is 0 Å². The number of allylic oxidation sites excluding steroid dienone is 4. The molecule has 2 aliphatic carbocycles. The second kappa shape index (κ2) is 11.4. The number of hydrogen-bond acceptors (Lipinski definition) is 0. The molecule has 0 saturated heterocycles. The fourth-order valence-corrected chi connectivity index (χ4v) is 26.9. The van der Waals surface area contributed by atoms with Crippen molar-refractivity contribution in [2.24, 2.45) is 0 Å². The molecule has 0 saturated carbocycles. The van der Waals surface area contributed by atoms with Crippen LogP contribution in [0.4, 0.5) is 0 Å². The zero-order chi connectivity index (χ0) is 31.7. The summed E-state index contributed by atoms with van der Waals surface area (Å²) in [5, 5.41) is 0. The summed E-state index contributed by atoms with van der Waals surface area (Å²) in [5.41, 5.74) is 9.71.